The molecular formula is C22H20N6O4. The first-order valence-corrected chi connectivity index (χ1v) is 9.79. The van der Waals surface area contributed by atoms with E-state index in [4.69, 9.17) is 9.52 Å². The van der Waals surface area contributed by atoms with Crippen LogP contribution in [0.3, 0.4) is 0 Å². The molecule has 0 unspecified atom stereocenters. The number of carbonyl (C=O) groups is 2. The number of amides is 2. The lowest BCUT2D eigenvalue weighted by molar-refractivity contribution is -0.114. The van der Waals surface area contributed by atoms with E-state index in [0.717, 1.165) is 0 Å². The third-order valence-corrected chi connectivity index (χ3v) is 4.38. The van der Waals surface area contributed by atoms with Gasteiger partial charge in [-0.2, -0.15) is 4.98 Å². The van der Waals surface area contributed by atoms with Crippen LogP contribution in [-0.2, 0) is 4.79 Å². The van der Waals surface area contributed by atoms with E-state index in [2.05, 4.69) is 30.9 Å². The average Bonchev–Trinajstić information content (AvgIpc) is 3.20. The summed E-state index contributed by atoms with van der Waals surface area (Å²) in [4.78, 5) is 36.7. The van der Waals surface area contributed by atoms with Crippen LogP contribution in [0.1, 0.15) is 17.4 Å². The van der Waals surface area contributed by atoms with E-state index in [1.165, 1.54) is 6.92 Å². The van der Waals surface area contributed by atoms with Gasteiger partial charge in [0.25, 0.3) is 11.9 Å². The van der Waals surface area contributed by atoms with Gasteiger partial charge < -0.3 is 25.5 Å². The molecule has 0 aliphatic heterocycles. The summed E-state index contributed by atoms with van der Waals surface area (Å²) in [5.41, 5.74) is 3.16. The van der Waals surface area contributed by atoms with Crippen LogP contribution >= 0.6 is 0 Å². The summed E-state index contributed by atoms with van der Waals surface area (Å²) in [7, 11) is 0. The van der Waals surface area contributed by atoms with Crippen molar-refractivity contribution in [2.75, 3.05) is 29.1 Å². The number of rotatable bonds is 7. The van der Waals surface area contributed by atoms with Gasteiger partial charge >= 0.3 is 0 Å². The zero-order chi connectivity index (χ0) is 22.5. The van der Waals surface area contributed by atoms with Gasteiger partial charge in [0, 0.05) is 37.0 Å². The number of carbonyl (C=O) groups excluding carboxylic acids is 2. The highest BCUT2D eigenvalue weighted by Crippen LogP contribution is 2.23. The number of hydrogen-bond donors (Lipinski definition) is 4. The minimum Gasteiger partial charge on any atom is -0.423 e. The van der Waals surface area contributed by atoms with Crippen LogP contribution < -0.4 is 16.0 Å². The topological polar surface area (TPSA) is 142 Å². The molecule has 4 N–H and O–H groups in total. The van der Waals surface area contributed by atoms with Crippen LogP contribution in [0.25, 0.3) is 22.4 Å². The van der Waals surface area contributed by atoms with Gasteiger partial charge in [0.15, 0.2) is 5.58 Å². The molecule has 0 saturated carbocycles. The maximum Gasteiger partial charge on any atom is 0.295 e. The zero-order valence-electron chi connectivity index (χ0n) is 17.1. The lowest BCUT2D eigenvalue weighted by Gasteiger charge is -2.07. The second-order valence-electron chi connectivity index (χ2n) is 6.83. The Morgan fingerprint density at radius 2 is 1.94 bits per heavy atom. The highest BCUT2D eigenvalue weighted by molar-refractivity contribution is 6.03. The number of aliphatic hydroxyl groups is 1. The number of benzene rings is 1. The van der Waals surface area contributed by atoms with Gasteiger partial charge in [-0.3, -0.25) is 9.59 Å². The van der Waals surface area contributed by atoms with Crippen LogP contribution in [0.2, 0.25) is 0 Å². The largest absolute Gasteiger partial charge is 0.423 e. The van der Waals surface area contributed by atoms with E-state index in [1.807, 2.05) is 0 Å². The predicted octanol–water partition coefficient (Wildman–Crippen LogP) is 2.90. The maximum absolute atomic E-state index is 12.7. The van der Waals surface area contributed by atoms with Gasteiger partial charge in [0.05, 0.1) is 12.3 Å². The fraction of sp³-hybridized carbons (Fsp3) is 0.136. The van der Waals surface area contributed by atoms with E-state index in [-0.39, 0.29) is 24.1 Å². The highest BCUT2D eigenvalue weighted by atomic mass is 16.4. The van der Waals surface area contributed by atoms with Gasteiger partial charge in [0.1, 0.15) is 17.0 Å². The Bertz CT molecular complexity index is 1270. The molecule has 0 spiro atoms. The molecule has 0 saturated heterocycles. The van der Waals surface area contributed by atoms with Crippen LogP contribution in [0, 0.1) is 0 Å². The highest BCUT2D eigenvalue weighted by Gasteiger charge is 2.12. The molecule has 2 amide bonds. The van der Waals surface area contributed by atoms with E-state index >= 15 is 0 Å². The van der Waals surface area contributed by atoms with Crippen molar-refractivity contribution in [3.05, 3.63) is 60.4 Å². The number of anilines is 3. The van der Waals surface area contributed by atoms with Crippen LogP contribution in [-0.4, -0.2) is 45.0 Å². The van der Waals surface area contributed by atoms with E-state index in [1.54, 1.807) is 54.7 Å². The number of oxazole rings is 1. The summed E-state index contributed by atoms with van der Waals surface area (Å²) in [6.45, 7) is 1.69. The summed E-state index contributed by atoms with van der Waals surface area (Å²) >= 11 is 0. The van der Waals surface area contributed by atoms with E-state index in [9.17, 15) is 9.59 Å². The van der Waals surface area contributed by atoms with Crippen molar-refractivity contribution in [3.8, 4) is 11.3 Å². The van der Waals surface area contributed by atoms with Gasteiger partial charge in [-0.05, 0) is 36.4 Å². The first kappa shape index (κ1) is 20.9. The normalized spacial score (nSPS) is 10.7. The molecule has 0 aliphatic carbocycles. The summed E-state index contributed by atoms with van der Waals surface area (Å²) < 4.78 is 5.58. The second-order valence-corrected chi connectivity index (χ2v) is 6.83. The Labute approximate surface area is 182 Å². The minimum absolute atomic E-state index is 0.0401. The number of pyridine rings is 2. The number of aliphatic hydroxyl groups excluding tert-OH is 1. The molecule has 0 radical (unpaired) electrons. The Hall–Kier alpha value is -4.31. The van der Waals surface area contributed by atoms with Gasteiger partial charge in [-0.15, -0.1) is 0 Å². The molecule has 0 bridgehead atoms. The van der Waals surface area contributed by atoms with Gasteiger partial charge in [-0.25, -0.2) is 9.97 Å². The fourth-order valence-corrected chi connectivity index (χ4v) is 2.96. The molecule has 1 aromatic carbocycles. The Morgan fingerprint density at radius 1 is 1.06 bits per heavy atom. The van der Waals surface area contributed by atoms with Crippen LogP contribution in [0.15, 0.2) is 59.1 Å². The van der Waals surface area contributed by atoms with E-state index in [0.29, 0.717) is 46.4 Å². The minimum atomic E-state index is -0.382. The molecule has 10 heteroatoms. The van der Waals surface area contributed by atoms with Gasteiger partial charge in [-0.1, -0.05) is 6.07 Å². The van der Waals surface area contributed by atoms with Crippen molar-refractivity contribution in [3.63, 3.8) is 0 Å². The van der Waals surface area contributed by atoms with Crippen molar-refractivity contribution in [2.24, 2.45) is 0 Å². The number of nitrogens with zero attached hydrogens (tertiary/aromatic N) is 3. The van der Waals surface area contributed by atoms with Crippen molar-refractivity contribution >= 4 is 40.4 Å². The molecule has 32 heavy (non-hydrogen) atoms. The summed E-state index contributed by atoms with van der Waals surface area (Å²) in [5.74, 6) is -0.150. The third-order valence-electron chi connectivity index (χ3n) is 4.38. The Balaban J connectivity index is 1.49. The molecule has 4 rings (SSSR count). The zero-order valence-corrected chi connectivity index (χ0v) is 17.1. The van der Waals surface area contributed by atoms with Crippen LogP contribution in [0.5, 0.6) is 0 Å². The lowest BCUT2D eigenvalue weighted by Crippen LogP contribution is -2.13. The lowest BCUT2D eigenvalue weighted by atomic mass is 10.1. The van der Waals surface area contributed by atoms with Crippen molar-refractivity contribution in [1.29, 1.82) is 0 Å². The average molecular weight is 432 g/mol. The molecule has 0 fully saturated rings. The smallest absolute Gasteiger partial charge is 0.295 e. The molecular weight excluding hydrogens is 412 g/mol. The number of fused-ring (bicyclic) bond motifs is 1. The Kier molecular flexibility index (Phi) is 6.04. The second kappa shape index (κ2) is 9.23. The fourth-order valence-electron chi connectivity index (χ4n) is 2.96. The van der Waals surface area contributed by atoms with Crippen LogP contribution in [0.4, 0.5) is 17.5 Å². The molecule has 10 nitrogen and oxygen atoms in total. The standard InChI is InChI=1S/C22H20N6O4/c1-13(30)25-20-8-5-14(12-24-20)16-3-2-4-18(27-16)21(31)26-15-6-7-17-19(11-15)32-22(28-17)23-9-10-29/h2-8,11-12,29H,9-10H2,1H3,(H,23,28)(H,26,31)(H,24,25,30). The molecule has 4 aromatic rings. The van der Waals surface area contributed by atoms with Gasteiger partial charge in [0.2, 0.25) is 5.91 Å². The Morgan fingerprint density at radius 3 is 2.69 bits per heavy atom. The SMILES string of the molecule is CC(=O)Nc1ccc(-c2cccc(C(=O)Nc3ccc4nc(NCCO)oc4c3)n2)cn1. The first-order chi connectivity index (χ1) is 15.5. The number of aromatic nitrogens is 3. The molecule has 162 valence electrons. The summed E-state index contributed by atoms with van der Waals surface area (Å²) in [6.07, 6.45) is 1.58. The quantitative estimate of drug-likeness (QED) is 0.349. The molecule has 3 aromatic heterocycles. The van der Waals surface area contributed by atoms with Crippen molar-refractivity contribution in [1.82, 2.24) is 15.0 Å². The van der Waals surface area contributed by atoms with E-state index < -0.39 is 0 Å². The monoisotopic (exact) mass is 432 g/mol. The predicted molar refractivity (Wildman–Crippen MR) is 119 cm³/mol. The number of hydrogen-bond acceptors (Lipinski definition) is 8. The molecule has 0 aliphatic rings. The number of nitrogens with one attached hydrogen (secondary N) is 3. The summed E-state index contributed by atoms with van der Waals surface area (Å²) in [5, 5.41) is 17.1. The maximum atomic E-state index is 12.7. The molecule has 0 atom stereocenters. The van der Waals surface area contributed by atoms with Crippen molar-refractivity contribution in [2.45, 2.75) is 6.92 Å². The molecule has 3 heterocycles. The summed E-state index contributed by atoms with van der Waals surface area (Å²) in [6, 6.07) is 14.0. The first-order valence-electron chi connectivity index (χ1n) is 9.79. The van der Waals surface area contributed by atoms with Crippen molar-refractivity contribution < 1.29 is 19.1 Å². The third kappa shape index (κ3) is 4.87.